The first-order valence-corrected chi connectivity index (χ1v) is 5.68. The van der Waals surface area contributed by atoms with Gasteiger partial charge >= 0.3 is 18.0 Å². The zero-order chi connectivity index (χ0) is 14.3. The Hall–Kier alpha value is -1.79. The fourth-order valence-corrected chi connectivity index (χ4v) is 1.34. The van der Waals surface area contributed by atoms with Crippen LogP contribution in [0.3, 0.4) is 0 Å². The molecule has 2 amide bonds. The number of carbonyl (C=O) groups excluding carboxylic acids is 2. The average Bonchev–Trinajstić information content (AvgIpc) is 2.30. The highest BCUT2D eigenvalue weighted by atomic mass is 16.5. The van der Waals surface area contributed by atoms with Crippen molar-refractivity contribution >= 4 is 18.0 Å². The summed E-state index contributed by atoms with van der Waals surface area (Å²) in [4.78, 5) is 34.9. The molecule has 0 aromatic rings. The maximum absolute atomic E-state index is 11.8. The van der Waals surface area contributed by atoms with Gasteiger partial charge in [-0.15, -0.1) is 0 Å². The molecule has 7 heteroatoms. The van der Waals surface area contributed by atoms with E-state index in [-0.39, 0.29) is 12.5 Å². The first-order chi connectivity index (χ1) is 8.33. The number of carboxylic acids is 1. The molecule has 2 N–H and O–H groups in total. The van der Waals surface area contributed by atoms with E-state index >= 15 is 0 Å². The van der Waals surface area contributed by atoms with Crippen molar-refractivity contribution in [3.63, 3.8) is 0 Å². The number of esters is 1. The minimum absolute atomic E-state index is 0.148. The number of likely N-dealkylation sites (N-methyl/N-ethyl adjacent to an activating group) is 1. The number of aliphatic carboxylic acids is 1. The van der Waals surface area contributed by atoms with E-state index in [4.69, 9.17) is 5.11 Å². The molecule has 0 aliphatic heterocycles. The zero-order valence-corrected chi connectivity index (χ0v) is 11.1. The van der Waals surface area contributed by atoms with Gasteiger partial charge in [0.2, 0.25) is 0 Å². The van der Waals surface area contributed by atoms with Gasteiger partial charge in [0, 0.05) is 6.54 Å². The fraction of sp³-hybridized carbons (Fsp3) is 0.727. The summed E-state index contributed by atoms with van der Waals surface area (Å²) in [5, 5.41) is 11.1. The molecule has 0 saturated carbocycles. The highest BCUT2D eigenvalue weighted by Gasteiger charge is 2.27. The Bertz CT molecular complexity index is 317. The van der Waals surface area contributed by atoms with E-state index < -0.39 is 30.6 Å². The van der Waals surface area contributed by atoms with E-state index in [2.05, 4.69) is 10.1 Å². The lowest BCUT2D eigenvalue weighted by molar-refractivity contribution is -0.144. The predicted octanol–water partition coefficient (Wildman–Crippen LogP) is 0.300. The van der Waals surface area contributed by atoms with Gasteiger partial charge in [-0.2, -0.15) is 0 Å². The number of ether oxygens (including phenoxy) is 1. The summed E-state index contributed by atoms with van der Waals surface area (Å²) in [5.41, 5.74) is 0. The van der Waals surface area contributed by atoms with E-state index in [1.807, 2.05) is 0 Å². The Morgan fingerprint density at radius 2 is 1.89 bits per heavy atom. The van der Waals surface area contributed by atoms with Gasteiger partial charge in [-0.05, 0) is 12.8 Å². The van der Waals surface area contributed by atoms with Crippen LogP contribution in [0.15, 0.2) is 0 Å². The highest BCUT2D eigenvalue weighted by molar-refractivity contribution is 5.85. The van der Waals surface area contributed by atoms with Crippen molar-refractivity contribution in [3.8, 4) is 0 Å². The standard InChI is InChI=1S/C11H20N2O5/c1-5-13(6-8(14)15)11(17)12-9(7(2)3)10(16)18-4/h7,9H,5-6H2,1-4H3,(H,12,17)(H,14,15). The molecule has 0 aliphatic carbocycles. The molecular formula is C11H20N2O5. The van der Waals surface area contributed by atoms with Crippen LogP contribution >= 0.6 is 0 Å². The van der Waals surface area contributed by atoms with Gasteiger partial charge in [0.1, 0.15) is 12.6 Å². The second-order valence-electron chi connectivity index (χ2n) is 4.10. The van der Waals surface area contributed by atoms with E-state index in [1.54, 1.807) is 20.8 Å². The third-order valence-corrected chi connectivity index (χ3v) is 2.40. The number of carbonyl (C=O) groups is 3. The maximum Gasteiger partial charge on any atom is 0.328 e. The van der Waals surface area contributed by atoms with E-state index in [9.17, 15) is 14.4 Å². The van der Waals surface area contributed by atoms with Crippen LogP contribution in [0.2, 0.25) is 0 Å². The zero-order valence-electron chi connectivity index (χ0n) is 11.1. The van der Waals surface area contributed by atoms with Crippen LogP contribution < -0.4 is 5.32 Å². The largest absolute Gasteiger partial charge is 0.480 e. The monoisotopic (exact) mass is 260 g/mol. The smallest absolute Gasteiger partial charge is 0.328 e. The quantitative estimate of drug-likeness (QED) is 0.670. The molecule has 0 fully saturated rings. The van der Waals surface area contributed by atoms with E-state index in [0.29, 0.717) is 0 Å². The molecule has 0 bridgehead atoms. The third kappa shape index (κ3) is 5.03. The molecule has 0 saturated heterocycles. The number of carboxylic acid groups (broad SMARTS) is 1. The second-order valence-corrected chi connectivity index (χ2v) is 4.10. The molecule has 18 heavy (non-hydrogen) atoms. The summed E-state index contributed by atoms with van der Waals surface area (Å²) >= 11 is 0. The van der Waals surface area contributed by atoms with E-state index in [0.717, 1.165) is 4.90 Å². The number of rotatable bonds is 6. The summed E-state index contributed by atoms with van der Waals surface area (Å²) in [6, 6.07) is -1.38. The van der Waals surface area contributed by atoms with Gasteiger partial charge < -0.3 is 20.1 Å². The van der Waals surface area contributed by atoms with Gasteiger partial charge in [-0.3, -0.25) is 4.79 Å². The molecule has 104 valence electrons. The molecule has 0 aliphatic rings. The van der Waals surface area contributed by atoms with Crippen LogP contribution in [0.1, 0.15) is 20.8 Å². The van der Waals surface area contributed by atoms with Crippen LogP contribution in [0.4, 0.5) is 4.79 Å². The molecular weight excluding hydrogens is 240 g/mol. The summed E-state index contributed by atoms with van der Waals surface area (Å²) in [6.07, 6.45) is 0. The van der Waals surface area contributed by atoms with Gasteiger partial charge in [0.15, 0.2) is 0 Å². The molecule has 0 spiro atoms. The Kier molecular flexibility index (Phi) is 6.77. The number of methoxy groups -OCH3 is 1. The van der Waals surface area contributed by atoms with Gasteiger partial charge in [0.25, 0.3) is 0 Å². The number of hydrogen-bond donors (Lipinski definition) is 2. The summed E-state index contributed by atoms with van der Waals surface area (Å²) in [5.74, 6) is -1.80. The summed E-state index contributed by atoms with van der Waals surface area (Å²) in [6.45, 7) is 5.01. The lowest BCUT2D eigenvalue weighted by Gasteiger charge is -2.25. The van der Waals surface area contributed by atoms with Crippen LogP contribution in [0, 0.1) is 5.92 Å². The fourth-order valence-electron chi connectivity index (χ4n) is 1.34. The molecule has 0 aromatic carbocycles. The van der Waals surface area contributed by atoms with Crippen LogP contribution in [0.25, 0.3) is 0 Å². The van der Waals surface area contributed by atoms with Gasteiger partial charge in [-0.1, -0.05) is 13.8 Å². The lowest BCUT2D eigenvalue weighted by atomic mass is 10.1. The molecule has 0 rings (SSSR count). The maximum atomic E-state index is 11.8. The van der Waals surface area contributed by atoms with Gasteiger partial charge in [0.05, 0.1) is 7.11 Å². The van der Waals surface area contributed by atoms with Crippen molar-refractivity contribution in [2.45, 2.75) is 26.8 Å². The lowest BCUT2D eigenvalue weighted by Crippen LogP contribution is -2.51. The number of nitrogens with zero attached hydrogens (tertiary/aromatic N) is 1. The minimum Gasteiger partial charge on any atom is -0.480 e. The first-order valence-electron chi connectivity index (χ1n) is 5.68. The van der Waals surface area contributed by atoms with Crippen LogP contribution in [-0.4, -0.2) is 54.2 Å². The minimum atomic E-state index is -1.11. The molecule has 0 heterocycles. The number of urea groups is 1. The predicted molar refractivity (Wildman–Crippen MR) is 64.1 cm³/mol. The Morgan fingerprint density at radius 1 is 1.33 bits per heavy atom. The number of hydrogen-bond acceptors (Lipinski definition) is 4. The first kappa shape index (κ1) is 16.2. The van der Waals surface area contributed by atoms with Crippen LogP contribution in [0.5, 0.6) is 0 Å². The number of nitrogens with one attached hydrogen (secondary N) is 1. The van der Waals surface area contributed by atoms with Crippen LogP contribution in [-0.2, 0) is 14.3 Å². The van der Waals surface area contributed by atoms with Crippen molar-refractivity contribution in [2.75, 3.05) is 20.2 Å². The number of amides is 2. The molecule has 1 atom stereocenters. The summed E-state index contributed by atoms with van der Waals surface area (Å²) < 4.78 is 4.58. The molecule has 0 radical (unpaired) electrons. The average molecular weight is 260 g/mol. The molecule has 0 aromatic heterocycles. The van der Waals surface area contributed by atoms with Crippen molar-refractivity contribution in [1.82, 2.24) is 10.2 Å². The third-order valence-electron chi connectivity index (χ3n) is 2.40. The van der Waals surface area contributed by atoms with Crippen molar-refractivity contribution in [1.29, 1.82) is 0 Å². The molecule has 1 unspecified atom stereocenters. The van der Waals surface area contributed by atoms with Gasteiger partial charge in [-0.25, -0.2) is 9.59 Å². The molecule has 7 nitrogen and oxygen atoms in total. The Morgan fingerprint density at radius 3 is 2.22 bits per heavy atom. The van der Waals surface area contributed by atoms with E-state index in [1.165, 1.54) is 7.11 Å². The summed E-state index contributed by atoms with van der Waals surface area (Å²) in [7, 11) is 1.23. The highest BCUT2D eigenvalue weighted by Crippen LogP contribution is 2.04. The SMILES string of the molecule is CCN(CC(=O)O)C(=O)NC(C(=O)OC)C(C)C. The Labute approximate surface area is 106 Å². The second kappa shape index (κ2) is 7.52. The van der Waals surface area contributed by atoms with Crippen molar-refractivity contribution < 1.29 is 24.2 Å². The van der Waals surface area contributed by atoms with Crippen molar-refractivity contribution in [3.05, 3.63) is 0 Å². The normalized spacial score (nSPS) is 11.8. The Balaban J connectivity index is 4.66. The van der Waals surface area contributed by atoms with Crippen molar-refractivity contribution in [2.24, 2.45) is 5.92 Å². The topological polar surface area (TPSA) is 95.9 Å².